The molecule has 1 rings (SSSR count). The second-order valence-electron chi connectivity index (χ2n) is 3.34. The molecule has 0 fully saturated rings. The van der Waals surface area contributed by atoms with Crippen LogP contribution in [0, 0.1) is 0 Å². The molecule has 4 heteroatoms. The van der Waals surface area contributed by atoms with Crippen molar-refractivity contribution >= 4 is 33.1 Å². The van der Waals surface area contributed by atoms with Crippen LogP contribution < -0.4 is 10.5 Å². The Morgan fingerprint density at radius 1 is 1.60 bits per heavy atom. The van der Waals surface area contributed by atoms with Crippen LogP contribution in [0.15, 0.2) is 22.7 Å². The van der Waals surface area contributed by atoms with Gasteiger partial charge in [0.1, 0.15) is 10.7 Å². The fraction of sp³-hybridized carbons (Fsp3) is 0.364. The monoisotopic (exact) mass is 287 g/mol. The van der Waals surface area contributed by atoms with Gasteiger partial charge >= 0.3 is 0 Å². The van der Waals surface area contributed by atoms with Gasteiger partial charge in [-0.15, -0.1) is 0 Å². The molecule has 0 saturated carbocycles. The summed E-state index contributed by atoms with van der Waals surface area (Å²) in [6, 6.07) is 5.67. The zero-order valence-electron chi connectivity index (χ0n) is 8.79. The van der Waals surface area contributed by atoms with Crippen LogP contribution in [0.4, 0.5) is 0 Å². The predicted octanol–water partition coefficient (Wildman–Crippen LogP) is 3.26. The second kappa shape index (κ2) is 5.47. The highest BCUT2D eigenvalue weighted by atomic mass is 79.9. The van der Waals surface area contributed by atoms with Crippen molar-refractivity contribution in [3.63, 3.8) is 0 Å². The van der Waals surface area contributed by atoms with E-state index in [1.165, 1.54) is 0 Å². The molecule has 1 atom stereocenters. The highest BCUT2D eigenvalue weighted by molar-refractivity contribution is 9.10. The van der Waals surface area contributed by atoms with Crippen LogP contribution in [-0.4, -0.2) is 11.1 Å². The molecule has 15 heavy (non-hydrogen) atoms. The number of halogens is 1. The lowest BCUT2D eigenvalue weighted by molar-refractivity contribution is 0.217. The SMILES string of the molecule is CCC(C)Oc1ccc(Br)cc1C(N)=S. The van der Waals surface area contributed by atoms with Crippen molar-refractivity contribution in [3.8, 4) is 5.75 Å². The lowest BCUT2D eigenvalue weighted by Gasteiger charge is -2.15. The van der Waals surface area contributed by atoms with Crippen molar-refractivity contribution < 1.29 is 4.74 Å². The molecule has 0 aliphatic rings. The average molecular weight is 288 g/mol. The highest BCUT2D eigenvalue weighted by Gasteiger charge is 2.09. The van der Waals surface area contributed by atoms with E-state index >= 15 is 0 Å². The van der Waals surface area contributed by atoms with Gasteiger partial charge in [-0.25, -0.2) is 0 Å². The number of ether oxygens (including phenoxy) is 1. The Kier molecular flexibility index (Phi) is 4.54. The molecule has 0 saturated heterocycles. The molecule has 2 nitrogen and oxygen atoms in total. The van der Waals surface area contributed by atoms with E-state index in [4.69, 9.17) is 22.7 Å². The summed E-state index contributed by atoms with van der Waals surface area (Å²) in [7, 11) is 0. The van der Waals surface area contributed by atoms with E-state index < -0.39 is 0 Å². The lowest BCUT2D eigenvalue weighted by atomic mass is 10.2. The van der Waals surface area contributed by atoms with Crippen LogP contribution in [0.5, 0.6) is 5.75 Å². The quantitative estimate of drug-likeness (QED) is 0.864. The Bertz CT molecular complexity index is 368. The number of hydrogen-bond donors (Lipinski definition) is 1. The van der Waals surface area contributed by atoms with E-state index in [1.54, 1.807) is 0 Å². The summed E-state index contributed by atoms with van der Waals surface area (Å²) in [5.41, 5.74) is 6.41. The maximum atomic E-state index is 5.72. The number of benzene rings is 1. The summed E-state index contributed by atoms with van der Waals surface area (Å²) < 4.78 is 6.67. The first-order valence-electron chi connectivity index (χ1n) is 4.80. The maximum absolute atomic E-state index is 5.72. The fourth-order valence-electron chi connectivity index (χ4n) is 1.10. The van der Waals surface area contributed by atoms with Crippen molar-refractivity contribution in [2.75, 3.05) is 0 Å². The summed E-state index contributed by atoms with van der Waals surface area (Å²) >= 11 is 8.35. The number of thiocarbonyl (C=S) groups is 1. The van der Waals surface area contributed by atoms with Crippen LogP contribution in [0.25, 0.3) is 0 Å². The van der Waals surface area contributed by atoms with Gasteiger partial charge in [0.05, 0.1) is 11.7 Å². The molecule has 0 aliphatic heterocycles. The van der Waals surface area contributed by atoms with E-state index in [0.717, 1.165) is 22.2 Å². The van der Waals surface area contributed by atoms with E-state index in [9.17, 15) is 0 Å². The molecule has 0 heterocycles. The molecule has 82 valence electrons. The minimum Gasteiger partial charge on any atom is -0.490 e. The van der Waals surface area contributed by atoms with Crippen molar-refractivity contribution in [1.29, 1.82) is 0 Å². The van der Waals surface area contributed by atoms with Gasteiger partial charge in [-0.2, -0.15) is 0 Å². The third kappa shape index (κ3) is 3.47. The van der Waals surface area contributed by atoms with Gasteiger partial charge in [0.15, 0.2) is 0 Å². The van der Waals surface area contributed by atoms with Gasteiger partial charge in [0.2, 0.25) is 0 Å². The summed E-state index contributed by atoms with van der Waals surface area (Å²) in [4.78, 5) is 0.356. The van der Waals surface area contributed by atoms with Gasteiger partial charge in [-0.3, -0.25) is 0 Å². The molecule has 0 aromatic heterocycles. The van der Waals surface area contributed by atoms with E-state index in [2.05, 4.69) is 22.9 Å². The third-order valence-corrected chi connectivity index (χ3v) is 2.82. The minimum absolute atomic E-state index is 0.166. The second-order valence-corrected chi connectivity index (χ2v) is 4.70. The first-order valence-corrected chi connectivity index (χ1v) is 6.00. The molecule has 1 aromatic rings. The smallest absolute Gasteiger partial charge is 0.129 e. The van der Waals surface area contributed by atoms with Gasteiger partial charge < -0.3 is 10.5 Å². The standard InChI is InChI=1S/C11H14BrNOS/c1-3-7(2)14-10-5-4-8(12)6-9(10)11(13)15/h4-7H,3H2,1-2H3,(H2,13,15). The molecule has 1 aromatic carbocycles. The Balaban J connectivity index is 3.01. The first-order chi connectivity index (χ1) is 7.04. The maximum Gasteiger partial charge on any atom is 0.129 e. The summed E-state index contributed by atoms with van der Waals surface area (Å²) in [5, 5.41) is 0. The number of hydrogen-bond acceptors (Lipinski definition) is 2. The normalized spacial score (nSPS) is 12.2. The third-order valence-electron chi connectivity index (χ3n) is 2.11. The Hall–Kier alpha value is -0.610. The van der Waals surface area contributed by atoms with E-state index in [0.29, 0.717) is 4.99 Å². The Morgan fingerprint density at radius 2 is 2.27 bits per heavy atom. The van der Waals surface area contributed by atoms with Gasteiger partial charge in [0.25, 0.3) is 0 Å². The minimum atomic E-state index is 0.166. The topological polar surface area (TPSA) is 35.2 Å². The van der Waals surface area contributed by atoms with E-state index in [-0.39, 0.29) is 6.10 Å². The summed E-state index contributed by atoms with van der Waals surface area (Å²) in [6.07, 6.45) is 1.12. The zero-order valence-corrected chi connectivity index (χ0v) is 11.2. The first kappa shape index (κ1) is 12.5. The Labute approximate surface area is 104 Å². The van der Waals surface area contributed by atoms with Crippen LogP contribution >= 0.6 is 28.1 Å². The molecule has 0 radical (unpaired) electrons. The van der Waals surface area contributed by atoms with Crippen molar-refractivity contribution in [2.24, 2.45) is 5.73 Å². The molecule has 0 spiro atoms. The molecular weight excluding hydrogens is 274 g/mol. The number of rotatable bonds is 4. The van der Waals surface area contributed by atoms with Crippen LogP contribution in [0.2, 0.25) is 0 Å². The highest BCUT2D eigenvalue weighted by Crippen LogP contribution is 2.24. The Morgan fingerprint density at radius 3 is 2.80 bits per heavy atom. The lowest BCUT2D eigenvalue weighted by Crippen LogP contribution is -2.16. The largest absolute Gasteiger partial charge is 0.490 e. The molecule has 1 unspecified atom stereocenters. The summed E-state index contributed by atoms with van der Waals surface area (Å²) in [5.74, 6) is 0.750. The van der Waals surface area contributed by atoms with Crippen molar-refractivity contribution in [1.82, 2.24) is 0 Å². The van der Waals surface area contributed by atoms with E-state index in [1.807, 2.05) is 25.1 Å². The fourth-order valence-corrected chi connectivity index (χ4v) is 1.62. The van der Waals surface area contributed by atoms with Crippen molar-refractivity contribution in [3.05, 3.63) is 28.2 Å². The van der Waals surface area contributed by atoms with Gasteiger partial charge in [-0.05, 0) is 31.5 Å². The molecule has 0 amide bonds. The zero-order chi connectivity index (χ0) is 11.4. The van der Waals surface area contributed by atoms with Crippen molar-refractivity contribution in [2.45, 2.75) is 26.4 Å². The molecular formula is C11H14BrNOS. The summed E-state index contributed by atoms with van der Waals surface area (Å²) in [6.45, 7) is 4.09. The van der Waals surface area contributed by atoms with Crippen LogP contribution in [-0.2, 0) is 0 Å². The van der Waals surface area contributed by atoms with Gasteiger partial charge in [0, 0.05) is 4.47 Å². The van der Waals surface area contributed by atoms with Crippen LogP contribution in [0.1, 0.15) is 25.8 Å². The molecule has 0 aliphatic carbocycles. The van der Waals surface area contributed by atoms with Gasteiger partial charge in [-0.1, -0.05) is 35.1 Å². The van der Waals surface area contributed by atoms with Crippen LogP contribution in [0.3, 0.4) is 0 Å². The molecule has 2 N–H and O–H groups in total. The molecule has 0 bridgehead atoms. The number of nitrogens with two attached hydrogens (primary N) is 1. The predicted molar refractivity (Wildman–Crippen MR) is 70.4 cm³/mol. The average Bonchev–Trinajstić information content (AvgIpc) is 2.20.